The number of hydrogen-bond acceptors (Lipinski definition) is 8. The van der Waals surface area contributed by atoms with E-state index in [9.17, 15) is 14.5 Å². The van der Waals surface area contributed by atoms with Crippen LogP contribution in [-0.4, -0.2) is 60.3 Å². The molecule has 10 heteroatoms. The second-order valence-electron chi connectivity index (χ2n) is 9.42. The topological polar surface area (TPSA) is 115 Å². The minimum absolute atomic E-state index is 0.0205. The fourth-order valence-electron chi connectivity index (χ4n) is 4.37. The lowest BCUT2D eigenvalue weighted by Gasteiger charge is -2.37. The molecule has 1 N–H and O–H groups in total. The molecule has 200 valence electrons. The number of phosphoric ester groups is 1. The lowest BCUT2D eigenvalue weighted by molar-refractivity contribution is -1.08. The first-order valence-electron chi connectivity index (χ1n) is 12.7. The van der Waals surface area contributed by atoms with Gasteiger partial charge >= 0.3 is 13.8 Å². The normalized spacial score (nSPS) is 23.7. The maximum atomic E-state index is 13.9. The lowest BCUT2D eigenvalue weighted by Crippen LogP contribution is -2.47. The van der Waals surface area contributed by atoms with Crippen molar-refractivity contribution in [3.05, 3.63) is 0 Å². The summed E-state index contributed by atoms with van der Waals surface area (Å²) in [5.41, 5.74) is 0. The first-order valence-corrected chi connectivity index (χ1v) is 14.2. The third-order valence-electron chi connectivity index (χ3n) is 7.08. The average Bonchev–Trinajstić information content (AvgIpc) is 2.85. The number of cyclic esters (lactones) is 1. The zero-order valence-corrected chi connectivity index (χ0v) is 23.0. The van der Waals surface area contributed by atoms with Crippen LogP contribution in [0, 0.1) is 41.4 Å². The predicted molar refractivity (Wildman–Crippen MR) is 132 cm³/mol. The number of hydroxylamine groups is 3. The van der Waals surface area contributed by atoms with Crippen LogP contribution in [-0.2, 0) is 27.8 Å². The van der Waals surface area contributed by atoms with Gasteiger partial charge in [0.1, 0.15) is 31.8 Å². The van der Waals surface area contributed by atoms with Crippen LogP contribution in [0.3, 0.4) is 0 Å². The van der Waals surface area contributed by atoms with Crippen LogP contribution in [0.5, 0.6) is 0 Å². The third kappa shape index (κ3) is 9.50. The van der Waals surface area contributed by atoms with Gasteiger partial charge in [0.15, 0.2) is 0 Å². The van der Waals surface area contributed by atoms with E-state index in [1.54, 1.807) is 6.92 Å². The van der Waals surface area contributed by atoms with E-state index in [0.29, 0.717) is 38.9 Å². The molecule has 0 aromatic heterocycles. The van der Waals surface area contributed by atoms with Crippen LogP contribution in [0.25, 0.3) is 0 Å². The number of esters is 1. The summed E-state index contributed by atoms with van der Waals surface area (Å²) in [5, 5.41) is 19.3. The molecule has 1 rings (SSSR count). The number of phosphoric acid groups is 1. The number of quaternary nitrogens is 1. The van der Waals surface area contributed by atoms with E-state index in [1.807, 2.05) is 33.8 Å². The van der Waals surface area contributed by atoms with Crippen LogP contribution >= 0.6 is 7.82 Å². The molecule has 1 unspecified atom stereocenters. The highest BCUT2D eigenvalue weighted by molar-refractivity contribution is 7.48. The smallest absolute Gasteiger partial charge is 0.462 e. The number of hydrogen-bond donors (Lipinski definition) is 1. The summed E-state index contributed by atoms with van der Waals surface area (Å²) >= 11 is 0. The molecule has 0 amide bonds. The second-order valence-corrected chi connectivity index (χ2v) is 10.9. The maximum Gasteiger partial charge on any atom is 0.521 e. The molecular formula is C25H44N2O7P+. The minimum Gasteiger partial charge on any atom is -0.462 e. The molecular weight excluding hydrogens is 471 g/mol. The van der Waals surface area contributed by atoms with E-state index in [4.69, 9.17) is 30.1 Å². The highest BCUT2D eigenvalue weighted by Crippen LogP contribution is 2.54. The van der Waals surface area contributed by atoms with Gasteiger partial charge in [-0.1, -0.05) is 31.3 Å². The largest absolute Gasteiger partial charge is 0.521 e. The molecule has 0 aliphatic carbocycles. The quantitative estimate of drug-likeness (QED) is 0.0792. The summed E-state index contributed by atoms with van der Waals surface area (Å²) < 4.78 is 37.1. The third-order valence-corrected chi connectivity index (χ3v) is 8.66. The monoisotopic (exact) mass is 515 g/mol. The van der Waals surface area contributed by atoms with Crippen molar-refractivity contribution < 1.29 is 37.5 Å². The zero-order chi connectivity index (χ0) is 26.6. The van der Waals surface area contributed by atoms with Gasteiger partial charge in [-0.2, -0.15) is 9.91 Å². The predicted octanol–water partition coefficient (Wildman–Crippen LogP) is 4.61. The SMILES string of the molecule is C#C[C@H](O)[C@H](C)[C@H](CC[C@H](C)[C@@H]1OC(=O)CC[C@@H]1C)OP(=O)(OCCC#N)O[N+](CC)(CC)CC. The summed E-state index contributed by atoms with van der Waals surface area (Å²) in [6, 6.07) is 1.96. The van der Waals surface area contributed by atoms with Gasteiger partial charge in [0.25, 0.3) is 0 Å². The van der Waals surface area contributed by atoms with E-state index >= 15 is 0 Å². The summed E-state index contributed by atoms with van der Waals surface area (Å²) in [6.45, 7) is 13.1. The van der Waals surface area contributed by atoms with Crippen LogP contribution in [0.15, 0.2) is 0 Å². The number of carbonyl (C=O) groups is 1. The molecule has 1 aliphatic rings. The fourth-order valence-corrected chi connectivity index (χ4v) is 6.23. The van der Waals surface area contributed by atoms with Gasteiger partial charge in [0.05, 0.1) is 25.2 Å². The van der Waals surface area contributed by atoms with Gasteiger partial charge < -0.3 is 9.84 Å². The van der Waals surface area contributed by atoms with Crippen LogP contribution in [0.4, 0.5) is 0 Å². The summed E-state index contributed by atoms with van der Waals surface area (Å²) in [5.74, 6) is 1.81. The van der Waals surface area contributed by atoms with Crippen LogP contribution in [0.2, 0.25) is 0 Å². The Morgan fingerprint density at radius 1 is 1.26 bits per heavy atom. The molecule has 1 saturated heterocycles. The van der Waals surface area contributed by atoms with Gasteiger partial charge in [0.2, 0.25) is 0 Å². The highest BCUT2D eigenvalue weighted by Gasteiger charge is 2.43. The van der Waals surface area contributed by atoms with Crippen molar-refractivity contribution >= 4 is 13.8 Å². The Labute approximate surface area is 211 Å². The molecule has 0 aromatic carbocycles. The maximum absolute atomic E-state index is 13.9. The van der Waals surface area contributed by atoms with E-state index < -0.39 is 25.9 Å². The van der Waals surface area contributed by atoms with E-state index in [-0.39, 0.29) is 41.6 Å². The first kappa shape index (κ1) is 31.6. The lowest BCUT2D eigenvalue weighted by atomic mass is 9.84. The Balaban J connectivity index is 3.14. The number of nitriles is 1. The molecule has 0 saturated carbocycles. The molecule has 0 spiro atoms. The van der Waals surface area contributed by atoms with Crippen molar-refractivity contribution in [2.24, 2.45) is 17.8 Å². The van der Waals surface area contributed by atoms with Gasteiger partial charge in [-0.05, 0) is 51.9 Å². The fraction of sp³-hybridized carbons (Fsp3) is 0.840. The van der Waals surface area contributed by atoms with Crippen LogP contribution in [0.1, 0.15) is 73.6 Å². The first-order chi connectivity index (χ1) is 16.5. The molecule has 1 heterocycles. The molecule has 0 bridgehead atoms. The number of ether oxygens (including phenoxy) is 1. The van der Waals surface area contributed by atoms with Gasteiger partial charge in [-0.25, -0.2) is 4.57 Å². The Morgan fingerprint density at radius 2 is 1.89 bits per heavy atom. The minimum atomic E-state index is -4.14. The Bertz CT molecular complexity index is 781. The number of carbonyl (C=O) groups excluding carboxylic acids is 1. The number of aliphatic hydroxyl groups excluding tert-OH is 1. The molecule has 1 aliphatic heterocycles. The standard InChI is InChI=1S/C25H44N2O7P/c1-8-22(28)21(7)23(15-13-19(5)25-20(6)14-16-24(29)32-25)33-35(30,31-18-12-17-26)34-27(9-2,10-3)11-4/h1,19-23,25,28H,9-16,18H2,2-7H3/q+1/t19-,20-,21-,22-,23-,25-,35?/m0/s1. The van der Waals surface area contributed by atoms with Crippen molar-refractivity contribution in [3.63, 3.8) is 0 Å². The number of terminal acetylenes is 1. The molecule has 9 nitrogen and oxygen atoms in total. The average molecular weight is 516 g/mol. The Hall–Kier alpha value is -1.45. The van der Waals surface area contributed by atoms with Crippen LogP contribution < -0.4 is 0 Å². The van der Waals surface area contributed by atoms with Gasteiger partial charge in [-0.15, -0.1) is 6.42 Å². The van der Waals surface area contributed by atoms with E-state index in [2.05, 4.69) is 12.8 Å². The summed E-state index contributed by atoms with van der Waals surface area (Å²) in [7, 11) is -4.14. The van der Waals surface area contributed by atoms with E-state index in [0.717, 1.165) is 6.42 Å². The number of nitrogens with zero attached hydrogens (tertiary/aromatic N) is 2. The molecule has 1 fully saturated rings. The molecule has 7 atom stereocenters. The van der Waals surface area contributed by atoms with Gasteiger partial charge in [0, 0.05) is 12.3 Å². The van der Waals surface area contributed by atoms with E-state index in [1.165, 1.54) is 0 Å². The van der Waals surface area contributed by atoms with Gasteiger partial charge in [-0.3, -0.25) is 13.8 Å². The second kappa shape index (κ2) is 15.0. The summed E-state index contributed by atoms with van der Waals surface area (Å²) in [4.78, 5) is 11.8. The van der Waals surface area contributed by atoms with Crippen molar-refractivity contribution in [2.75, 3.05) is 26.2 Å². The molecule has 0 radical (unpaired) electrons. The van der Waals surface area contributed by atoms with Crippen molar-refractivity contribution in [1.82, 2.24) is 0 Å². The molecule has 35 heavy (non-hydrogen) atoms. The number of aliphatic hydroxyl groups is 1. The highest BCUT2D eigenvalue weighted by atomic mass is 31.2. The van der Waals surface area contributed by atoms with Crippen molar-refractivity contribution in [3.8, 4) is 18.4 Å². The van der Waals surface area contributed by atoms with Crippen molar-refractivity contribution in [1.29, 1.82) is 5.26 Å². The Kier molecular flexibility index (Phi) is 13.5. The number of rotatable bonds is 16. The summed E-state index contributed by atoms with van der Waals surface area (Å²) in [6.07, 6.45) is 5.57. The molecule has 0 aromatic rings. The zero-order valence-electron chi connectivity index (χ0n) is 22.1. The van der Waals surface area contributed by atoms with Crippen molar-refractivity contribution in [2.45, 2.75) is 92.0 Å². The Morgan fingerprint density at radius 3 is 2.43 bits per heavy atom.